The first kappa shape index (κ1) is 10.6. The summed E-state index contributed by atoms with van der Waals surface area (Å²) in [6.07, 6.45) is 1.79. The Morgan fingerprint density at radius 1 is 1.40 bits per heavy atom. The topological polar surface area (TPSA) is 24.9 Å². The largest absolute Gasteiger partial charge is 0.364 e. The molecule has 0 fully saturated rings. The summed E-state index contributed by atoms with van der Waals surface area (Å²) in [7, 11) is 0. The molecule has 0 bridgehead atoms. The van der Waals surface area contributed by atoms with Gasteiger partial charge in [-0.2, -0.15) is 11.3 Å². The van der Waals surface area contributed by atoms with E-state index in [1.165, 1.54) is 5.56 Å². The standard InChI is InChI=1S/C11H11BrN2S/c1-8(9-4-5-15-7-9)14-11-3-2-10(12)6-13-11/h2-8H,1H3,(H,13,14). The fourth-order valence-corrected chi connectivity index (χ4v) is 2.28. The van der Waals surface area contributed by atoms with Gasteiger partial charge in [-0.05, 0) is 57.4 Å². The van der Waals surface area contributed by atoms with Crippen LogP contribution >= 0.6 is 27.3 Å². The van der Waals surface area contributed by atoms with Crippen LogP contribution in [0.5, 0.6) is 0 Å². The van der Waals surface area contributed by atoms with E-state index in [1.807, 2.05) is 12.1 Å². The van der Waals surface area contributed by atoms with E-state index in [2.05, 4.69) is 50.0 Å². The quantitative estimate of drug-likeness (QED) is 0.918. The van der Waals surface area contributed by atoms with E-state index in [0.29, 0.717) is 6.04 Å². The molecule has 2 aromatic heterocycles. The third-order valence-electron chi connectivity index (χ3n) is 2.13. The van der Waals surface area contributed by atoms with Gasteiger partial charge in [0.15, 0.2) is 0 Å². The summed E-state index contributed by atoms with van der Waals surface area (Å²) in [4.78, 5) is 4.27. The molecule has 2 heterocycles. The predicted octanol–water partition coefficient (Wildman–Crippen LogP) is 4.08. The van der Waals surface area contributed by atoms with Crippen LogP contribution in [0.25, 0.3) is 0 Å². The fourth-order valence-electron chi connectivity index (χ4n) is 1.29. The lowest BCUT2D eigenvalue weighted by Gasteiger charge is -2.12. The Balaban J connectivity index is 2.06. The highest BCUT2D eigenvalue weighted by Crippen LogP contribution is 2.20. The summed E-state index contributed by atoms with van der Waals surface area (Å²) in [6, 6.07) is 6.37. The van der Waals surface area contributed by atoms with Gasteiger partial charge in [0.05, 0.1) is 6.04 Å². The van der Waals surface area contributed by atoms with E-state index in [9.17, 15) is 0 Å². The van der Waals surface area contributed by atoms with Crippen molar-refractivity contribution in [3.8, 4) is 0 Å². The molecule has 0 aliphatic carbocycles. The molecular weight excluding hydrogens is 272 g/mol. The van der Waals surface area contributed by atoms with Crippen LogP contribution in [0.4, 0.5) is 5.82 Å². The third-order valence-corrected chi connectivity index (χ3v) is 3.31. The highest BCUT2D eigenvalue weighted by molar-refractivity contribution is 9.10. The molecule has 0 aromatic carbocycles. The van der Waals surface area contributed by atoms with E-state index in [0.717, 1.165) is 10.3 Å². The van der Waals surface area contributed by atoms with Crippen LogP contribution in [0.1, 0.15) is 18.5 Å². The smallest absolute Gasteiger partial charge is 0.126 e. The Labute approximate surface area is 101 Å². The maximum Gasteiger partial charge on any atom is 0.126 e. The molecule has 2 rings (SSSR count). The first-order valence-electron chi connectivity index (χ1n) is 4.66. The van der Waals surface area contributed by atoms with Crippen LogP contribution in [-0.2, 0) is 0 Å². The number of nitrogens with zero attached hydrogens (tertiary/aromatic N) is 1. The van der Waals surface area contributed by atoms with E-state index < -0.39 is 0 Å². The summed E-state index contributed by atoms with van der Waals surface area (Å²) >= 11 is 5.07. The summed E-state index contributed by atoms with van der Waals surface area (Å²) in [5, 5.41) is 7.58. The fraction of sp³-hybridized carbons (Fsp3) is 0.182. The molecule has 2 aromatic rings. The predicted molar refractivity (Wildman–Crippen MR) is 68.3 cm³/mol. The van der Waals surface area contributed by atoms with Crippen LogP contribution in [0.2, 0.25) is 0 Å². The van der Waals surface area contributed by atoms with Gasteiger partial charge in [-0.1, -0.05) is 0 Å². The first-order chi connectivity index (χ1) is 7.25. The molecular formula is C11H11BrN2S. The van der Waals surface area contributed by atoms with Crippen molar-refractivity contribution in [2.75, 3.05) is 5.32 Å². The van der Waals surface area contributed by atoms with Gasteiger partial charge in [0.2, 0.25) is 0 Å². The highest BCUT2D eigenvalue weighted by atomic mass is 79.9. The highest BCUT2D eigenvalue weighted by Gasteiger charge is 2.05. The number of nitrogens with one attached hydrogen (secondary N) is 1. The molecule has 2 nitrogen and oxygen atoms in total. The Hall–Kier alpha value is -0.870. The lowest BCUT2D eigenvalue weighted by Crippen LogP contribution is -2.06. The van der Waals surface area contributed by atoms with E-state index in [-0.39, 0.29) is 0 Å². The number of pyridine rings is 1. The van der Waals surface area contributed by atoms with Crippen LogP contribution in [-0.4, -0.2) is 4.98 Å². The number of hydrogen-bond donors (Lipinski definition) is 1. The number of halogens is 1. The van der Waals surface area contributed by atoms with E-state index in [1.54, 1.807) is 17.5 Å². The summed E-state index contributed by atoms with van der Waals surface area (Å²) < 4.78 is 0.997. The van der Waals surface area contributed by atoms with Crippen molar-refractivity contribution in [1.82, 2.24) is 4.98 Å². The number of anilines is 1. The zero-order valence-electron chi connectivity index (χ0n) is 8.27. The zero-order chi connectivity index (χ0) is 10.7. The molecule has 0 saturated heterocycles. The van der Waals surface area contributed by atoms with Crippen molar-refractivity contribution in [2.45, 2.75) is 13.0 Å². The Morgan fingerprint density at radius 2 is 2.27 bits per heavy atom. The Kier molecular flexibility index (Phi) is 3.38. The summed E-state index contributed by atoms with van der Waals surface area (Å²) in [5.41, 5.74) is 1.30. The first-order valence-corrected chi connectivity index (χ1v) is 6.39. The van der Waals surface area contributed by atoms with Crippen molar-refractivity contribution >= 4 is 33.1 Å². The Bertz CT molecular complexity index is 411. The SMILES string of the molecule is CC(Nc1ccc(Br)cn1)c1ccsc1. The minimum Gasteiger partial charge on any atom is -0.364 e. The van der Waals surface area contributed by atoms with Crippen molar-refractivity contribution in [3.63, 3.8) is 0 Å². The summed E-state index contributed by atoms with van der Waals surface area (Å²) in [6.45, 7) is 2.13. The number of rotatable bonds is 3. The van der Waals surface area contributed by atoms with Crippen molar-refractivity contribution in [2.24, 2.45) is 0 Å². The van der Waals surface area contributed by atoms with E-state index >= 15 is 0 Å². The summed E-state index contributed by atoms with van der Waals surface area (Å²) in [5.74, 6) is 0.900. The van der Waals surface area contributed by atoms with Gasteiger partial charge >= 0.3 is 0 Å². The van der Waals surface area contributed by atoms with Gasteiger partial charge in [-0.15, -0.1) is 0 Å². The molecule has 1 unspecified atom stereocenters. The molecule has 0 spiro atoms. The monoisotopic (exact) mass is 282 g/mol. The van der Waals surface area contributed by atoms with Gasteiger partial charge in [0.25, 0.3) is 0 Å². The van der Waals surface area contributed by atoms with Crippen LogP contribution in [0, 0.1) is 0 Å². The molecule has 1 N–H and O–H groups in total. The van der Waals surface area contributed by atoms with Gasteiger partial charge in [0.1, 0.15) is 5.82 Å². The molecule has 0 saturated carbocycles. The number of thiophene rings is 1. The maximum absolute atomic E-state index is 4.27. The maximum atomic E-state index is 4.27. The molecule has 0 radical (unpaired) electrons. The lowest BCUT2D eigenvalue weighted by molar-refractivity contribution is 0.880. The number of aromatic nitrogens is 1. The van der Waals surface area contributed by atoms with Gasteiger partial charge in [-0.25, -0.2) is 4.98 Å². The Morgan fingerprint density at radius 3 is 2.87 bits per heavy atom. The van der Waals surface area contributed by atoms with E-state index in [4.69, 9.17) is 0 Å². The average Bonchev–Trinajstić information content (AvgIpc) is 2.74. The lowest BCUT2D eigenvalue weighted by atomic mass is 10.2. The minimum atomic E-state index is 0.296. The number of hydrogen-bond acceptors (Lipinski definition) is 3. The van der Waals surface area contributed by atoms with Gasteiger partial charge in [-0.3, -0.25) is 0 Å². The average molecular weight is 283 g/mol. The van der Waals surface area contributed by atoms with Gasteiger partial charge < -0.3 is 5.32 Å². The van der Waals surface area contributed by atoms with Crippen molar-refractivity contribution < 1.29 is 0 Å². The molecule has 4 heteroatoms. The second-order valence-electron chi connectivity index (χ2n) is 3.28. The van der Waals surface area contributed by atoms with Crippen LogP contribution in [0.15, 0.2) is 39.6 Å². The minimum absolute atomic E-state index is 0.296. The second kappa shape index (κ2) is 4.77. The molecule has 0 amide bonds. The van der Waals surface area contributed by atoms with Crippen molar-refractivity contribution in [3.05, 3.63) is 45.2 Å². The van der Waals surface area contributed by atoms with Gasteiger partial charge in [0, 0.05) is 10.7 Å². The van der Waals surface area contributed by atoms with Crippen LogP contribution in [0.3, 0.4) is 0 Å². The molecule has 0 aliphatic heterocycles. The molecule has 0 aliphatic rings. The van der Waals surface area contributed by atoms with Crippen molar-refractivity contribution in [1.29, 1.82) is 0 Å². The zero-order valence-corrected chi connectivity index (χ0v) is 10.7. The normalized spacial score (nSPS) is 12.4. The molecule has 78 valence electrons. The third kappa shape index (κ3) is 2.79. The molecule has 15 heavy (non-hydrogen) atoms. The second-order valence-corrected chi connectivity index (χ2v) is 4.98. The molecule has 1 atom stereocenters. The van der Waals surface area contributed by atoms with Crippen LogP contribution < -0.4 is 5.32 Å².